The lowest BCUT2D eigenvalue weighted by molar-refractivity contribution is -0.349. The molecule has 0 bridgehead atoms. The number of aliphatic hydroxyl groups excluding tert-OH is 1. The summed E-state index contributed by atoms with van der Waals surface area (Å²) in [5.41, 5.74) is 0. The molecule has 0 amide bonds. The third-order valence-electron chi connectivity index (χ3n) is 1.66. The van der Waals surface area contributed by atoms with Crippen molar-refractivity contribution < 1.29 is 20.1 Å². The Balaban J connectivity index is 2.56. The van der Waals surface area contributed by atoms with E-state index in [1.807, 2.05) is 0 Å². The largest absolute Gasteiger partial charge is 0.394 e. The molecule has 66 valence electrons. The standard InChI is InChI=1S/C6H13NO4/c8-4-5-6(9,10)11-3-1-2-7-5/h5,7-10H,1-4H2. The van der Waals surface area contributed by atoms with Crippen molar-refractivity contribution in [2.45, 2.75) is 18.4 Å². The van der Waals surface area contributed by atoms with Gasteiger partial charge < -0.3 is 25.4 Å². The second kappa shape index (κ2) is 3.46. The third kappa shape index (κ3) is 2.11. The van der Waals surface area contributed by atoms with Gasteiger partial charge in [0.05, 0.1) is 13.2 Å². The molecule has 11 heavy (non-hydrogen) atoms. The van der Waals surface area contributed by atoms with E-state index in [9.17, 15) is 0 Å². The minimum atomic E-state index is -2.23. The van der Waals surface area contributed by atoms with Crippen LogP contribution >= 0.6 is 0 Å². The summed E-state index contributed by atoms with van der Waals surface area (Å²) in [6, 6.07) is -0.815. The highest BCUT2D eigenvalue weighted by Crippen LogP contribution is 2.11. The van der Waals surface area contributed by atoms with Crippen LogP contribution in [0.15, 0.2) is 0 Å². The fourth-order valence-electron chi connectivity index (χ4n) is 0.988. The Morgan fingerprint density at radius 3 is 2.91 bits per heavy atom. The van der Waals surface area contributed by atoms with Crippen LogP contribution in [0.1, 0.15) is 6.42 Å². The lowest BCUT2D eigenvalue weighted by atomic mass is 10.2. The summed E-state index contributed by atoms with van der Waals surface area (Å²) >= 11 is 0. The van der Waals surface area contributed by atoms with Crippen LogP contribution in [0, 0.1) is 0 Å². The first-order valence-corrected chi connectivity index (χ1v) is 3.60. The molecule has 1 heterocycles. The summed E-state index contributed by atoms with van der Waals surface area (Å²) in [7, 11) is 0. The van der Waals surface area contributed by atoms with Crippen molar-refractivity contribution in [2.75, 3.05) is 19.8 Å². The van der Waals surface area contributed by atoms with E-state index in [1.165, 1.54) is 0 Å². The van der Waals surface area contributed by atoms with E-state index in [0.717, 1.165) is 0 Å². The molecular weight excluding hydrogens is 150 g/mol. The molecule has 5 nitrogen and oxygen atoms in total. The maximum Gasteiger partial charge on any atom is 0.296 e. The van der Waals surface area contributed by atoms with Crippen LogP contribution in [-0.2, 0) is 4.74 Å². The lowest BCUT2D eigenvalue weighted by Crippen LogP contribution is -2.53. The number of hydrogen-bond acceptors (Lipinski definition) is 5. The quantitative estimate of drug-likeness (QED) is 0.336. The average molecular weight is 163 g/mol. The van der Waals surface area contributed by atoms with Crippen molar-refractivity contribution in [1.82, 2.24) is 5.32 Å². The highest BCUT2D eigenvalue weighted by atomic mass is 16.8. The fourth-order valence-corrected chi connectivity index (χ4v) is 0.988. The normalized spacial score (nSPS) is 31.4. The van der Waals surface area contributed by atoms with Gasteiger partial charge in [0, 0.05) is 0 Å². The van der Waals surface area contributed by atoms with Crippen molar-refractivity contribution in [3.8, 4) is 0 Å². The van der Waals surface area contributed by atoms with Crippen molar-refractivity contribution in [2.24, 2.45) is 0 Å². The van der Waals surface area contributed by atoms with Gasteiger partial charge in [0.15, 0.2) is 0 Å². The Hall–Kier alpha value is -0.200. The minimum Gasteiger partial charge on any atom is -0.394 e. The zero-order valence-electron chi connectivity index (χ0n) is 6.16. The fraction of sp³-hybridized carbons (Fsp3) is 1.00. The van der Waals surface area contributed by atoms with E-state index in [2.05, 4.69) is 10.1 Å². The van der Waals surface area contributed by atoms with Crippen LogP contribution in [0.3, 0.4) is 0 Å². The average Bonchev–Trinajstić information content (AvgIpc) is 2.10. The first-order valence-electron chi connectivity index (χ1n) is 3.60. The van der Waals surface area contributed by atoms with Crippen LogP contribution in [0.4, 0.5) is 0 Å². The summed E-state index contributed by atoms with van der Waals surface area (Å²) in [6.07, 6.45) is 0.708. The Kier molecular flexibility index (Phi) is 2.80. The molecule has 1 saturated heterocycles. The van der Waals surface area contributed by atoms with Gasteiger partial charge in [-0.05, 0) is 13.0 Å². The number of ether oxygens (including phenoxy) is 1. The first kappa shape index (κ1) is 8.89. The van der Waals surface area contributed by atoms with E-state index >= 15 is 0 Å². The molecule has 5 heteroatoms. The molecule has 1 atom stereocenters. The maximum atomic E-state index is 9.13. The van der Waals surface area contributed by atoms with Gasteiger partial charge in [-0.25, -0.2) is 0 Å². The maximum absolute atomic E-state index is 9.13. The van der Waals surface area contributed by atoms with E-state index in [-0.39, 0.29) is 13.2 Å². The SMILES string of the molecule is OCC1NCCCOC1(O)O. The summed E-state index contributed by atoms with van der Waals surface area (Å²) in [6.45, 7) is 0.553. The molecule has 0 radical (unpaired) electrons. The summed E-state index contributed by atoms with van der Waals surface area (Å²) < 4.78 is 4.68. The monoisotopic (exact) mass is 163 g/mol. The molecule has 0 saturated carbocycles. The summed E-state index contributed by atoms with van der Waals surface area (Å²) in [4.78, 5) is 0. The van der Waals surface area contributed by atoms with Gasteiger partial charge in [0.1, 0.15) is 6.04 Å². The number of hydrogen-bond donors (Lipinski definition) is 4. The van der Waals surface area contributed by atoms with E-state index < -0.39 is 12.0 Å². The molecule has 0 aromatic carbocycles. The van der Waals surface area contributed by atoms with Gasteiger partial charge in [0.2, 0.25) is 0 Å². The topological polar surface area (TPSA) is 82.0 Å². The van der Waals surface area contributed by atoms with Crippen LogP contribution in [0.2, 0.25) is 0 Å². The number of aliphatic hydroxyl groups is 3. The van der Waals surface area contributed by atoms with E-state index in [0.29, 0.717) is 13.0 Å². The van der Waals surface area contributed by atoms with Gasteiger partial charge in [-0.3, -0.25) is 0 Å². The molecule has 0 aliphatic carbocycles. The van der Waals surface area contributed by atoms with Crippen molar-refractivity contribution >= 4 is 0 Å². The molecule has 1 rings (SSSR count). The first-order chi connectivity index (χ1) is 5.17. The van der Waals surface area contributed by atoms with Gasteiger partial charge in [-0.2, -0.15) is 0 Å². The zero-order chi connectivity index (χ0) is 8.32. The smallest absolute Gasteiger partial charge is 0.296 e. The predicted molar refractivity (Wildman–Crippen MR) is 36.6 cm³/mol. The molecule has 1 aliphatic rings. The molecule has 4 N–H and O–H groups in total. The second-order valence-electron chi connectivity index (χ2n) is 2.55. The van der Waals surface area contributed by atoms with Crippen LogP contribution in [0.5, 0.6) is 0 Å². The molecule has 1 fully saturated rings. The number of nitrogens with one attached hydrogen (secondary N) is 1. The Morgan fingerprint density at radius 2 is 2.27 bits per heavy atom. The van der Waals surface area contributed by atoms with E-state index in [4.69, 9.17) is 15.3 Å². The predicted octanol–water partition coefficient (Wildman–Crippen LogP) is -2.00. The van der Waals surface area contributed by atoms with Crippen molar-refractivity contribution in [3.63, 3.8) is 0 Å². The molecule has 1 aliphatic heterocycles. The lowest BCUT2D eigenvalue weighted by Gasteiger charge is -2.26. The molecule has 1 unspecified atom stereocenters. The van der Waals surface area contributed by atoms with Crippen LogP contribution < -0.4 is 5.32 Å². The zero-order valence-corrected chi connectivity index (χ0v) is 6.16. The van der Waals surface area contributed by atoms with Gasteiger partial charge >= 0.3 is 0 Å². The second-order valence-corrected chi connectivity index (χ2v) is 2.55. The van der Waals surface area contributed by atoms with Gasteiger partial charge in [-0.15, -0.1) is 0 Å². The molecule has 0 aromatic heterocycles. The van der Waals surface area contributed by atoms with E-state index in [1.54, 1.807) is 0 Å². The van der Waals surface area contributed by atoms with Gasteiger partial charge in [-0.1, -0.05) is 0 Å². The summed E-state index contributed by atoms with van der Waals surface area (Å²) in [5.74, 6) is -2.23. The van der Waals surface area contributed by atoms with Crippen LogP contribution in [0.25, 0.3) is 0 Å². The Morgan fingerprint density at radius 1 is 1.55 bits per heavy atom. The highest BCUT2D eigenvalue weighted by molar-refractivity contribution is 4.76. The van der Waals surface area contributed by atoms with Crippen molar-refractivity contribution in [3.05, 3.63) is 0 Å². The number of rotatable bonds is 1. The van der Waals surface area contributed by atoms with Crippen molar-refractivity contribution in [1.29, 1.82) is 0 Å². The third-order valence-corrected chi connectivity index (χ3v) is 1.66. The Labute approximate surface area is 64.6 Å². The summed E-state index contributed by atoms with van der Waals surface area (Å²) in [5, 5.41) is 29.7. The minimum absolute atomic E-state index is 0.288. The van der Waals surface area contributed by atoms with Gasteiger partial charge in [0.25, 0.3) is 5.97 Å². The molecule has 0 spiro atoms. The van der Waals surface area contributed by atoms with Crippen LogP contribution in [-0.4, -0.2) is 47.1 Å². The Bertz CT molecular complexity index is 128. The molecular formula is C6H13NO4. The highest BCUT2D eigenvalue weighted by Gasteiger charge is 2.36. The molecule has 0 aromatic rings.